The standard InChI is InChI=1S/C17H14F3N3O/c18-17(19,20)10-9-16(24)22-13-5-7-14(8-6-13)23-15-4-2-1-3-12(15)11-21-23/h1-8,11H,9-10H2,(H,22,24). The highest BCUT2D eigenvalue weighted by Gasteiger charge is 2.27. The van der Waals surface area contributed by atoms with Crippen molar-refractivity contribution in [1.29, 1.82) is 0 Å². The van der Waals surface area contributed by atoms with Crippen molar-refractivity contribution >= 4 is 22.5 Å². The molecule has 0 saturated heterocycles. The number of rotatable bonds is 4. The number of nitrogens with one attached hydrogen (secondary N) is 1. The van der Waals surface area contributed by atoms with Crippen LogP contribution in [-0.4, -0.2) is 21.9 Å². The third kappa shape index (κ3) is 3.73. The average molecular weight is 333 g/mol. The smallest absolute Gasteiger partial charge is 0.326 e. The van der Waals surface area contributed by atoms with Crippen molar-refractivity contribution in [3.8, 4) is 5.69 Å². The van der Waals surface area contributed by atoms with Gasteiger partial charge >= 0.3 is 6.18 Å². The highest BCUT2D eigenvalue weighted by Crippen LogP contribution is 2.22. The van der Waals surface area contributed by atoms with Crippen molar-refractivity contribution in [3.05, 3.63) is 54.7 Å². The predicted molar refractivity (Wildman–Crippen MR) is 85.0 cm³/mol. The van der Waals surface area contributed by atoms with Crippen molar-refractivity contribution in [3.63, 3.8) is 0 Å². The molecule has 0 aliphatic carbocycles. The molecule has 0 aliphatic rings. The molecule has 1 N–H and O–H groups in total. The fraction of sp³-hybridized carbons (Fsp3) is 0.176. The summed E-state index contributed by atoms with van der Waals surface area (Å²) in [7, 11) is 0. The van der Waals surface area contributed by atoms with Crippen LogP contribution in [0.4, 0.5) is 18.9 Å². The van der Waals surface area contributed by atoms with Crippen molar-refractivity contribution in [1.82, 2.24) is 9.78 Å². The van der Waals surface area contributed by atoms with E-state index in [4.69, 9.17) is 0 Å². The summed E-state index contributed by atoms with van der Waals surface area (Å²) in [6.07, 6.45) is -4.30. The van der Waals surface area contributed by atoms with E-state index < -0.39 is 24.9 Å². The summed E-state index contributed by atoms with van der Waals surface area (Å²) < 4.78 is 38.1. The van der Waals surface area contributed by atoms with Gasteiger partial charge in [0.1, 0.15) is 0 Å². The summed E-state index contributed by atoms with van der Waals surface area (Å²) in [6.45, 7) is 0. The molecule has 24 heavy (non-hydrogen) atoms. The summed E-state index contributed by atoms with van der Waals surface area (Å²) in [4.78, 5) is 11.5. The van der Waals surface area contributed by atoms with Gasteiger partial charge < -0.3 is 5.32 Å². The van der Waals surface area contributed by atoms with Crippen LogP contribution in [0.3, 0.4) is 0 Å². The molecule has 4 nitrogen and oxygen atoms in total. The maximum absolute atomic E-state index is 12.1. The third-order valence-electron chi connectivity index (χ3n) is 3.51. The lowest BCUT2D eigenvalue weighted by molar-refractivity contribution is -0.142. The lowest BCUT2D eigenvalue weighted by Gasteiger charge is -2.09. The van der Waals surface area contributed by atoms with Gasteiger partial charge in [0.05, 0.1) is 23.8 Å². The van der Waals surface area contributed by atoms with Crippen LogP contribution < -0.4 is 5.32 Å². The number of anilines is 1. The Morgan fingerprint density at radius 3 is 2.50 bits per heavy atom. The minimum Gasteiger partial charge on any atom is -0.326 e. The van der Waals surface area contributed by atoms with Gasteiger partial charge in [-0.05, 0) is 30.3 Å². The Labute approximate surface area is 135 Å². The van der Waals surface area contributed by atoms with E-state index in [0.29, 0.717) is 5.69 Å². The van der Waals surface area contributed by atoms with E-state index >= 15 is 0 Å². The normalized spacial score (nSPS) is 11.6. The van der Waals surface area contributed by atoms with Gasteiger partial charge in [-0.2, -0.15) is 18.3 Å². The van der Waals surface area contributed by atoms with E-state index in [1.807, 2.05) is 24.3 Å². The SMILES string of the molecule is O=C(CCC(F)(F)F)Nc1ccc(-n2ncc3ccccc32)cc1. The van der Waals surface area contributed by atoms with E-state index in [0.717, 1.165) is 16.6 Å². The van der Waals surface area contributed by atoms with Crippen LogP contribution in [0.2, 0.25) is 0 Å². The Hall–Kier alpha value is -2.83. The molecule has 2 aromatic carbocycles. The van der Waals surface area contributed by atoms with Crippen LogP contribution in [0.25, 0.3) is 16.6 Å². The molecule has 0 atom stereocenters. The van der Waals surface area contributed by atoms with Gasteiger partial charge in [0.15, 0.2) is 0 Å². The molecule has 0 spiro atoms. The van der Waals surface area contributed by atoms with Crippen LogP contribution in [0.15, 0.2) is 54.7 Å². The maximum atomic E-state index is 12.1. The van der Waals surface area contributed by atoms with Crippen LogP contribution in [0, 0.1) is 0 Å². The number of carbonyl (C=O) groups is 1. The molecular weight excluding hydrogens is 319 g/mol. The van der Waals surface area contributed by atoms with Crippen LogP contribution in [0.1, 0.15) is 12.8 Å². The third-order valence-corrected chi connectivity index (χ3v) is 3.51. The number of alkyl halides is 3. The number of halogens is 3. The highest BCUT2D eigenvalue weighted by molar-refractivity contribution is 5.90. The number of hydrogen-bond acceptors (Lipinski definition) is 2. The summed E-state index contributed by atoms with van der Waals surface area (Å²) in [5.41, 5.74) is 2.19. The first-order chi connectivity index (χ1) is 11.4. The predicted octanol–water partition coefficient (Wildman–Crippen LogP) is 4.31. The molecule has 0 unspecified atom stereocenters. The van der Waals surface area contributed by atoms with E-state index in [-0.39, 0.29) is 0 Å². The first-order valence-corrected chi connectivity index (χ1v) is 7.32. The zero-order chi connectivity index (χ0) is 17.2. The van der Waals surface area contributed by atoms with Crippen LogP contribution in [0.5, 0.6) is 0 Å². The lowest BCUT2D eigenvalue weighted by atomic mass is 10.2. The first kappa shape index (κ1) is 16.0. The van der Waals surface area contributed by atoms with Gasteiger partial charge in [-0.3, -0.25) is 4.79 Å². The summed E-state index contributed by atoms with van der Waals surface area (Å²) in [6, 6.07) is 14.5. The number of nitrogens with zero attached hydrogens (tertiary/aromatic N) is 2. The largest absolute Gasteiger partial charge is 0.389 e. The van der Waals surface area contributed by atoms with Gasteiger partial charge in [-0.1, -0.05) is 18.2 Å². The highest BCUT2D eigenvalue weighted by atomic mass is 19.4. The molecule has 3 aromatic rings. The van der Waals surface area contributed by atoms with Crippen molar-refractivity contribution < 1.29 is 18.0 Å². The second-order valence-electron chi connectivity index (χ2n) is 5.33. The molecule has 1 heterocycles. The molecular formula is C17H14F3N3O. The Morgan fingerprint density at radius 1 is 1.08 bits per heavy atom. The van der Waals surface area contributed by atoms with Gasteiger partial charge in [0.25, 0.3) is 0 Å². The number of aromatic nitrogens is 2. The second kappa shape index (κ2) is 6.35. The van der Waals surface area contributed by atoms with Gasteiger partial charge in [0, 0.05) is 17.5 Å². The Kier molecular flexibility index (Phi) is 4.24. The van der Waals surface area contributed by atoms with Gasteiger partial charge in [-0.25, -0.2) is 4.68 Å². The fourth-order valence-corrected chi connectivity index (χ4v) is 2.34. The molecule has 7 heteroatoms. The molecule has 0 fully saturated rings. The Morgan fingerprint density at radius 2 is 1.79 bits per heavy atom. The summed E-state index contributed by atoms with van der Waals surface area (Å²) in [5.74, 6) is -0.662. The van der Waals surface area contributed by atoms with Crippen LogP contribution >= 0.6 is 0 Å². The number of hydrogen-bond donors (Lipinski definition) is 1. The topological polar surface area (TPSA) is 46.9 Å². The molecule has 0 saturated carbocycles. The van der Waals surface area contributed by atoms with E-state index in [1.165, 1.54) is 0 Å². The minimum atomic E-state index is -4.33. The fourth-order valence-electron chi connectivity index (χ4n) is 2.34. The Balaban J connectivity index is 1.71. The Bertz CT molecular complexity index is 853. The summed E-state index contributed by atoms with van der Waals surface area (Å²) >= 11 is 0. The van der Waals surface area contributed by atoms with E-state index in [2.05, 4.69) is 10.4 Å². The molecule has 1 aromatic heterocycles. The zero-order valence-corrected chi connectivity index (χ0v) is 12.5. The number of fused-ring (bicyclic) bond motifs is 1. The van der Waals surface area contributed by atoms with Crippen molar-refractivity contribution in [2.75, 3.05) is 5.32 Å². The van der Waals surface area contributed by atoms with Crippen LogP contribution in [-0.2, 0) is 4.79 Å². The average Bonchev–Trinajstić information content (AvgIpc) is 2.97. The lowest BCUT2D eigenvalue weighted by Crippen LogP contribution is -2.16. The molecule has 3 rings (SSSR count). The molecule has 0 aliphatic heterocycles. The molecule has 0 bridgehead atoms. The number of amides is 1. The molecule has 1 amide bonds. The van der Waals surface area contributed by atoms with Gasteiger partial charge in [0.2, 0.25) is 5.91 Å². The van der Waals surface area contributed by atoms with E-state index in [9.17, 15) is 18.0 Å². The van der Waals surface area contributed by atoms with E-state index in [1.54, 1.807) is 35.1 Å². The number of carbonyl (C=O) groups excluding carboxylic acids is 1. The second-order valence-corrected chi connectivity index (χ2v) is 5.33. The zero-order valence-electron chi connectivity index (χ0n) is 12.5. The van der Waals surface area contributed by atoms with Crippen molar-refractivity contribution in [2.45, 2.75) is 19.0 Å². The molecule has 124 valence electrons. The first-order valence-electron chi connectivity index (χ1n) is 7.32. The quantitative estimate of drug-likeness (QED) is 0.773. The molecule has 0 radical (unpaired) electrons. The minimum absolute atomic E-state index is 0.447. The number of benzene rings is 2. The van der Waals surface area contributed by atoms with Gasteiger partial charge in [-0.15, -0.1) is 0 Å². The van der Waals surface area contributed by atoms with Crippen molar-refractivity contribution in [2.24, 2.45) is 0 Å². The monoisotopic (exact) mass is 333 g/mol. The number of para-hydroxylation sites is 1. The maximum Gasteiger partial charge on any atom is 0.389 e. The summed E-state index contributed by atoms with van der Waals surface area (Å²) in [5, 5.41) is 7.77.